The molecule has 0 amide bonds. The van der Waals surface area contributed by atoms with E-state index in [0.717, 1.165) is 16.7 Å². The number of phosphoric ester groups is 1. The first-order valence-electron chi connectivity index (χ1n) is 14.5. The fraction of sp³-hybridized carbons (Fsp3) is 0.281. The molecule has 0 unspecified atom stereocenters. The van der Waals surface area contributed by atoms with Crippen molar-refractivity contribution in [2.45, 2.75) is 44.4 Å². The quantitative estimate of drug-likeness (QED) is 0.146. The topological polar surface area (TPSA) is 142 Å². The Labute approximate surface area is 264 Å². The summed E-state index contributed by atoms with van der Waals surface area (Å²) < 4.78 is 66.3. The third-order valence-electron chi connectivity index (χ3n) is 7.39. The number of benzene rings is 3. The highest BCUT2D eigenvalue weighted by molar-refractivity contribution is 7.48. The van der Waals surface area contributed by atoms with Crippen molar-refractivity contribution in [3.05, 3.63) is 114 Å². The van der Waals surface area contributed by atoms with E-state index in [1.54, 1.807) is 19.2 Å². The number of ether oxygens (including phenoxy) is 3. The van der Waals surface area contributed by atoms with Crippen LogP contribution in [0.1, 0.15) is 22.9 Å². The van der Waals surface area contributed by atoms with Crippen LogP contribution in [0.25, 0.3) is 11.2 Å². The zero-order chi connectivity index (χ0) is 31.9. The number of nitrogens with zero attached hydrogens (tertiary/aromatic N) is 4. The highest BCUT2D eigenvalue weighted by Crippen LogP contribution is 2.52. The molecular formula is C32H33FN5O7P. The van der Waals surface area contributed by atoms with Gasteiger partial charge in [0.05, 0.1) is 39.9 Å². The first kappa shape index (κ1) is 31.7. The van der Waals surface area contributed by atoms with E-state index in [0.29, 0.717) is 16.9 Å². The Hall–Kier alpha value is -4.23. The zero-order valence-corrected chi connectivity index (χ0v) is 25.8. The van der Waals surface area contributed by atoms with Crippen molar-refractivity contribution >= 4 is 24.8 Å². The summed E-state index contributed by atoms with van der Waals surface area (Å²) in [4.78, 5) is 12.6. The molecule has 1 aliphatic heterocycles. The molecule has 12 nitrogen and oxygen atoms in total. The van der Waals surface area contributed by atoms with E-state index in [2.05, 4.69) is 15.0 Å². The number of nitrogens with two attached hydrogens (primary N) is 1. The normalized spacial score (nSPS) is 19.9. The summed E-state index contributed by atoms with van der Waals surface area (Å²) in [5.41, 5.74) is 8.98. The van der Waals surface area contributed by atoms with Gasteiger partial charge in [-0.15, -0.1) is 0 Å². The fourth-order valence-corrected chi connectivity index (χ4v) is 6.10. The highest BCUT2D eigenvalue weighted by atomic mass is 31.2. The van der Waals surface area contributed by atoms with E-state index >= 15 is 4.39 Å². The molecule has 3 aromatic carbocycles. The number of nitrogen functional groups attached to an aromatic ring is 1. The monoisotopic (exact) mass is 649 g/mol. The maximum Gasteiger partial charge on any atom is 0.475 e. The van der Waals surface area contributed by atoms with Crippen LogP contribution >= 0.6 is 7.82 Å². The Bertz CT molecular complexity index is 1720. The second-order valence-corrected chi connectivity index (χ2v) is 12.1. The summed E-state index contributed by atoms with van der Waals surface area (Å²) in [6.45, 7) is -0.471. The number of aromatic nitrogens is 4. The van der Waals surface area contributed by atoms with Crippen molar-refractivity contribution in [2.24, 2.45) is 0 Å². The predicted molar refractivity (Wildman–Crippen MR) is 166 cm³/mol. The Balaban J connectivity index is 1.21. The van der Waals surface area contributed by atoms with Gasteiger partial charge in [0.25, 0.3) is 0 Å². The van der Waals surface area contributed by atoms with E-state index in [1.807, 2.05) is 72.8 Å². The van der Waals surface area contributed by atoms with Crippen molar-refractivity contribution in [2.75, 3.05) is 19.5 Å². The highest BCUT2D eigenvalue weighted by Gasteiger charge is 2.48. The van der Waals surface area contributed by atoms with Gasteiger partial charge in [0, 0.05) is 0 Å². The number of rotatable bonds is 14. The van der Waals surface area contributed by atoms with E-state index in [9.17, 15) is 4.57 Å². The summed E-state index contributed by atoms with van der Waals surface area (Å²) in [7, 11) is -2.63. The van der Waals surface area contributed by atoms with Crippen LogP contribution in [0.3, 0.4) is 0 Å². The van der Waals surface area contributed by atoms with Gasteiger partial charge in [-0.1, -0.05) is 72.8 Å². The Kier molecular flexibility index (Phi) is 9.98. The minimum absolute atomic E-state index is 0.0458. The van der Waals surface area contributed by atoms with Crippen LogP contribution in [0.15, 0.2) is 97.6 Å². The Morgan fingerprint density at radius 2 is 1.48 bits per heavy atom. The minimum atomic E-state index is -4.20. The summed E-state index contributed by atoms with van der Waals surface area (Å²) >= 11 is 0. The molecule has 0 radical (unpaired) electrons. The van der Waals surface area contributed by atoms with E-state index in [4.69, 9.17) is 33.5 Å². The van der Waals surface area contributed by atoms with Crippen LogP contribution < -0.4 is 10.5 Å². The number of alkyl halides is 1. The molecule has 1 fully saturated rings. The van der Waals surface area contributed by atoms with E-state index in [-0.39, 0.29) is 25.6 Å². The average Bonchev–Trinajstić information content (AvgIpc) is 3.67. The molecule has 2 N–H and O–H groups in total. The van der Waals surface area contributed by atoms with Gasteiger partial charge < -0.3 is 19.9 Å². The molecule has 1 aliphatic rings. The number of halogens is 1. The van der Waals surface area contributed by atoms with Crippen LogP contribution in [0.5, 0.6) is 5.75 Å². The van der Waals surface area contributed by atoms with Gasteiger partial charge in [-0.25, -0.2) is 23.9 Å². The maximum atomic E-state index is 16.3. The molecule has 46 heavy (non-hydrogen) atoms. The van der Waals surface area contributed by atoms with Crippen LogP contribution in [0.2, 0.25) is 0 Å². The molecule has 4 atom stereocenters. The maximum absolute atomic E-state index is 16.3. The van der Waals surface area contributed by atoms with Gasteiger partial charge in [0.15, 0.2) is 23.9 Å². The molecular weight excluding hydrogens is 616 g/mol. The van der Waals surface area contributed by atoms with E-state index < -0.39 is 39.0 Å². The molecule has 0 bridgehead atoms. The lowest BCUT2D eigenvalue weighted by Crippen LogP contribution is -2.32. The molecule has 0 aliphatic carbocycles. The largest absolute Gasteiger partial charge is 0.497 e. The molecule has 1 saturated heterocycles. The second-order valence-electron chi connectivity index (χ2n) is 10.5. The lowest BCUT2D eigenvalue weighted by molar-refractivity contribution is -0.0745. The zero-order valence-electron chi connectivity index (χ0n) is 24.9. The fourth-order valence-electron chi connectivity index (χ4n) is 4.93. The van der Waals surface area contributed by atoms with Crippen LogP contribution in [-0.4, -0.2) is 51.6 Å². The number of phosphoric acid groups is 1. The van der Waals surface area contributed by atoms with Crippen LogP contribution in [0.4, 0.5) is 10.2 Å². The molecule has 0 saturated carbocycles. The minimum Gasteiger partial charge on any atom is -0.497 e. The molecule has 6 rings (SSSR count). The summed E-state index contributed by atoms with van der Waals surface area (Å²) in [6.07, 6.45) is -2.34. The van der Waals surface area contributed by atoms with Gasteiger partial charge in [0.1, 0.15) is 29.8 Å². The SMILES string of the molecule is COc1ccc(CO[C@@H]2[C@@H](F)[C@@H](COP(=O)(OCc3ccccc3)OCc3ccccc3)O[C@H]2n2cnc3c(N)ncnc32)cc1. The standard InChI is InChI=1S/C32H33FN5O7P/c1-40-25-14-12-24(13-15-25)16-41-29-27(33)26(45-32(29)38-21-37-28-30(34)35-20-36-31(28)38)19-44-46(39,42-17-22-8-4-2-5-9-22)43-18-23-10-6-3-7-11-23/h2-15,20-21,26-27,29,32H,16-19H2,1H3,(H2,34,35,36)/t26-,27+,29-,32-/m1/s1. The van der Waals surface area contributed by atoms with E-state index in [1.165, 1.54) is 17.2 Å². The summed E-state index contributed by atoms with van der Waals surface area (Å²) in [5, 5.41) is 0. The predicted octanol–water partition coefficient (Wildman–Crippen LogP) is 5.80. The van der Waals surface area contributed by atoms with Crippen molar-refractivity contribution in [3.8, 4) is 5.75 Å². The number of methoxy groups -OCH3 is 1. The summed E-state index contributed by atoms with van der Waals surface area (Å²) in [6, 6.07) is 25.5. The van der Waals surface area contributed by atoms with Crippen molar-refractivity contribution in [1.29, 1.82) is 0 Å². The lowest BCUT2D eigenvalue weighted by atomic mass is 10.1. The van der Waals surface area contributed by atoms with Crippen molar-refractivity contribution < 1.29 is 36.7 Å². The molecule has 240 valence electrons. The number of hydrogen-bond donors (Lipinski definition) is 1. The van der Waals surface area contributed by atoms with Gasteiger partial charge >= 0.3 is 7.82 Å². The van der Waals surface area contributed by atoms with Crippen molar-refractivity contribution in [3.63, 3.8) is 0 Å². The number of hydrogen-bond acceptors (Lipinski definition) is 11. The molecule has 0 spiro atoms. The smallest absolute Gasteiger partial charge is 0.475 e. The lowest BCUT2D eigenvalue weighted by Gasteiger charge is -2.21. The van der Waals surface area contributed by atoms with Gasteiger partial charge in [-0.3, -0.25) is 18.1 Å². The molecule has 2 aromatic heterocycles. The number of fused-ring (bicyclic) bond motifs is 1. The summed E-state index contributed by atoms with van der Waals surface area (Å²) in [5.74, 6) is 0.850. The van der Waals surface area contributed by atoms with Crippen LogP contribution in [0, 0.1) is 0 Å². The van der Waals surface area contributed by atoms with Gasteiger partial charge in [-0.05, 0) is 28.8 Å². The average molecular weight is 650 g/mol. The molecule has 14 heteroatoms. The Morgan fingerprint density at radius 1 is 0.848 bits per heavy atom. The second kappa shape index (κ2) is 14.5. The van der Waals surface area contributed by atoms with Crippen molar-refractivity contribution in [1.82, 2.24) is 19.5 Å². The van der Waals surface area contributed by atoms with Crippen LogP contribution in [-0.2, 0) is 47.4 Å². The first-order chi connectivity index (χ1) is 22.4. The Morgan fingerprint density at radius 3 is 2.11 bits per heavy atom. The molecule has 5 aromatic rings. The first-order valence-corrected chi connectivity index (χ1v) is 16.0. The third kappa shape index (κ3) is 7.42. The third-order valence-corrected chi connectivity index (χ3v) is 8.74. The van der Waals surface area contributed by atoms with Gasteiger partial charge in [-0.2, -0.15) is 0 Å². The molecule has 3 heterocycles. The van der Waals surface area contributed by atoms with Gasteiger partial charge in [0.2, 0.25) is 0 Å². The number of imidazole rings is 1. The number of anilines is 1.